The van der Waals surface area contributed by atoms with Gasteiger partial charge in [0.2, 0.25) is 5.91 Å². The zero-order chi connectivity index (χ0) is 28.3. The molecule has 214 valence electrons. The molecule has 0 unspecified atom stereocenters. The third kappa shape index (κ3) is 6.17. The molecule has 9 heteroatoms. The van der Waals surface area contributed by atoms with E-state index in [9.17, 15) is 4.79 Å². The fourth-order valence-electron chi connectivity index (χ4n) is 6.03. The maximum absolute atomic E-state index is 13.4. The van der Waals surface area contributed by atoms with Crippen molar-refractivity contribution in [3.05, 3.63) is 88.2 Å². The van der Waals surface area contributed by atoms with Crippen LogP contribution in [0, 0.1) is 5.92 Å². The molecule has 2 fully saturated rings. The van der Waals surface area contributed by atoms with Crippen LogP contribution in [0.15, 0.2) is 66.7 Å². The smallest absolute Gasteiger partial charge is 0.225 e. The first-order valence-corrected chi connectivity index (χ1v) is 15.0. The normalized spacial score (nSPS) is 16.9. The number of hydrogen-bond donors (Lipinski definition) is 0. The van der Waals surface area contributed by atoms with Crippen LogP contribution in [-0.4, -0.2) is 71.6 Å². The number of imidazole rings is 1. The number of anilines is 1. The Bertz CT molecular complexity index is 1510. The molecule has 0 spiro atoms. The predicted molar refractivity (Wildman–Crippen MR) is 165 cm³/mol. The van der Waals surface area contributed by atoms with E-state index in [2.05, 4.69) is 44.7 Å². The number of amides is 1. The fraction of sp³-hybridized carbons (Fsp3) is 0.375. The van der Waals surface area contributed by atoms with E-state index in [1.54, 1.807) is 13.2 Å². The summed E-state index contributed by atoms with van der Waals surface area (Å²) in [5.41, 5.74) is 4.30. The van der Waals surface area contributed by atoms with E-state index in [4.69, 9.17) is 32.9 Å². The van der Waals surface area contributed by atoms with Crippen LogP contribution < -0.4 is 9.64 Å². The molecule has 3 heterocycles. The standard InChI is InChI=1S/C32H35Cl2N5O2/c1-41-26-9-6-23(7-10-26)21-39-29-5-3-2-4-28(29)35-31(39)22-36-14-12-24(13-15-36)32(40)38-18-16-37(17-19-38)30-20-25(33)8-11-27(30)34/h2-11,20,24H,12-19,21-22H2,1H3. The Hall–Kier alpha value is -3.26. The van der Waals surface area contributed by atoms with Gasteiger partial charge in [0, 0.05) is 43.7 Å². The number of aromatic nitrogens is 2. The minimum atomic E-state index is 0.0747. The molecule has 2 aliphatic rings. The van der Waals surface area contributed by atoms with E-state index in [-0.39, 0.29) is 11.8 Å². The van der Waals surface area contributed by atoms with Crippen molar-refractivity contribution in [2.75, 3.05) is 51.3 Å². The van der Waals surface area contributed by atoms with Gasteiger partial charge in [-0.25, -0.2) is 4.98 Å². The van der Waals surface area contributed by atoms with Gasteiger partial charge in [-0.1, -0.05) is 47.5 Å². The zero-order valence-corrected chi connectivity index (χ0v) is 24.8. The Kier molecular flexibility index (Phi) is 8.37. The molecular weight excluding hydrogens is 557 g/mol. The first-order valence-electron chi connectivity index (χ1n) is 14.3. The summed E-state index contributed by atoms with van der Waals surface area (Å²) < 4.78 is 7.65. The molecule has 3 aromatic carbocycles. The number of rotatable bonds is 7. The number of carbonyl (C=O) groups is 1. The number of halogens is 2. The van der Waals surface area contributed by atoms with E-state index in [0.717, 1.165) is 80.4 Å². The molecule has 2 saturated heterocycles. The topological polar surface area (TPSA) is 53.8 Å². The molecule has 0 aliphatic carbocycles. The summed E-state index contributed by atoms with van der Waals surface area (Å²) in [6, 6.07) is 22.1. The number of hydrogen-bond acceptors (Lipinski definition) is 5. The number of fused-ring (bicyclic) bond motifs is 1. The van der Waals surface area contributed by atoms with Gasteiger partial charge in [0.15, 0.2) is 0 Å². The molecule has 0 bridgehead atoms. The van der Waals surface area contributed by atoms with Gasteiger partial charge < -0.3 is 19.1 Å². The average Bonchev–Trinajstić information content (AvgIpc) is 3.35. The third-order valence-corrected chi connectivity index (χ3v) is 8.93. The van der Waals surface area contributed by atoms with Crippen LogP contribution >= 0.6 is 23.2 Å². The highest BCUT2D eigenvalue weighted by Crippen LogP contribution is 2.30. The number of ether oxygens (including phenoxy) is 1. The maximum atomic E-state index is 13.4. The Labute approximate surface area is 251 Å². The van der Waals surface area contributed by atoms with Crippen molar-refractivity contribution in [3.8, 4) is 5.75 Å². The van der Waals surface area contributed by atoms with Crippen molar-refractivity contribution in [2.45, 2.75) is 25.9 Å². The maximum Gasteiger partial charge on any atom is 0.225 e. The second kappa shape index (κ2) is 12.3. The second-order valence-corrected chi connectivity index (χ2v) is 11.8. The first-order chi connectivity index (χ1) is 20.0. The largest absolute Gasteiger partial charge is 0.497 e. The Balaban J connectivity index is 1.06. The number of piperidine rings is 1. The van der Waals surface area contributed by atoms with Crippen molar-refractivity contribution in [1.82, 2.24) is 19.4 Å². The van der Waals surface area contributed by atoms with Crippen LogP contribution in [0.3, 0.4) is 0 Å². The Morgan fingerprint density at radius 1 is 0.902 bits per heavy atom. The number of para-hydroxylation sites is 2. The van der Waals surface area contributed by atoms with E-state index >= 15 is 0 Å². The number of carbonyl (C=O) groups excluding carboxylic acids is 1. The lowest BCUT2D eigenvalue weighted by molar-refractivity contribution is -0.137. The van der Waals surface area contributed by atoms with E-state index in [0.29, 0.717) is 23.1 Å². The molecule has 2 aliphatic heterocycles. The number of methoxy groups -OCH3 is 1. The van der Waals surface area contributed by atoms with Crippen molar-refractivity contribution in [3.63, 3.8) is 0 Å². The highest BCUT2D eigenvalue weighted by molar-refractivity contribution is 6.35. The van der Waals surface area contributed by atoms with Crippen LogP contribution in [0.4, 0.5) is 5.69 Å². The van der Waals surface area contributed by atoms with E-state index in [1.165, 1.54) is 5.56 Å². The summed E-state index contributed by atoms with van der Waals surface area (Å²) in [4.78, 5) is 25.1. The van der Waals surface area contributed by atoms with Crippen LogP contribution in [0.1, 0.15) is 24.2 Å². The van der Waals surface area contributed by atoms with Crippen LogP contribution in [0.5, 0.6) is 5.75 Å². The fourth-order valence-corrected chi connectivity index (χ4v) is 6.43. The van der Waals surface area contributed by atoms with Gasteiger partial charge in [0.25, 0.3) is 0 Å². The summed E-state index contributed by atoms with van der Waals surface area (Å²) in [5.74, 6) is 2.27. The molecule has 0 N–H and O–H groups in total. The van der Waals surface area contributed by atoms with Gasteiger partial charge in [-0.15, -0.1) is 0 Å². The van der Waals surface area contributed by atoms with Crippen LogP contribution in [0.25, 0.3) is 11.0 Å². The van der Waals surface area contributed by atoms with Gasteiger partial charge in [-0.05, 0) is 74.0 Å². The van der Waals surface area contributed by atoms with Crippen LogP contribution in [0.2, 0.25) is 10.0 Å². The zero-order valence-electron chi connectivity index (χ0n) is 23.3. The molecule has 41 heavy (non-hydrogen) atoms. The molecular formula is C32H35Cl2N5O2. The summed E-state index contributed by atoms with van der Waals surface area (Å²) in [7, 11) is 1.69. The van der Waals surface area contributed by atoms with E-state index < -0.39 is 0 Å². The van der Waals surface area contributed by atoms with Crippen molar-refractivity contribution >= 4 is 45.8 Å². The van der Waals surface area contributed by atoms with Gasteiger partial charge in [-0.3, -0.25) is 9.69 Å². The second-order valence-electron chi connectivity index (χ2n) is 10.9. The van der Waals surface area contributed by atoms with Gasteiger partial charge >= 0.3 is 0 Å². The lowest BCUT2D eigenvalue weighted by Crippen LogP contribution is -2.51. The molecule has 1 aromatic heterocycles. The summed E-state index contributed by atoms with van der Waals surface area (Å²) in [6.45, 7) is 6.23. The number of benzene rings is 3. The summed E-state index contributed by atoms with van der Waals surface area (Å²) in [5, 5.41) is 1.37. The molecule has 0 atom stereocenters. The summed E-state index contributed by atoms with van der Waals surface area (Å²) in [6.07, 6.45) is 1.75. The molecule has 0 saturated carbocycles. The van der Waals surface area contributed by atoms with Gasteiger partial charge in [0.1, 0.15) is 11.6 Å². The minimum Gasteiger partial charge on any atom is -0.497 e. The highest BCUT2D eigenvalue weighted by atomic mass is 35.5. The minimum absolute atomic E-state index is 0.0747. The molecule has 7 nitrogen and oxygen atoms in total. The predicted octanol–water partition coefficient (Wildman–Crippen LogP) is 5.96. The van der Waals surface area contributed by atoms with Gasteiger partial charge in [-0.2, -0.15) is 0 Å². The monoisotopic (exact) mass is 591 g/mol. The first kappa shape index (κ1) is 27.9. The van der Waals surface area contributed by atoms with Gasteiger partial charge in [0.05, 0.1) is 35.4 Å². The Morgan fingerprint density at radius 2 is 1.63 bits per heavy atom. The SMILES string of the molecule is COc1ccc(Cn2c(CN3CCC(C(=O)N4CCN(c5cc(Cl)ccc5Cl)CC4)CC3)nc3ccccc32)cc1. The number of piperazine rings is 1. The third-order valence-electron chi connectivity index (χ3n) is 8.38. The average molecular weight is 593 g/mol. The molecule has 1 amide bonds. The van der Waals surface area contributed by atoms with Crippen LogP contribution in [-0.2, 0) is 17.9 Å². The Morgan fingerprint density at radius 3 is 2.37 bits per heavy atom. The van der Waals surface area contributed by atoms with Crippen molar-refractivity contribution in [2.24, 2.45) is 5.92 Å². The molecule has 0 radical (unpaired) electrons. The lowest BCUT2D eigenvalue weighted by Gasteiger charge is -2.39. The molecule has 6 rings (SSSR count). The number of nitrogens with zero attached hydrogens (tertiary/aromatic N) is 5. The van der Waals surface area contributed by atoms with E-state index in [1.807, 2.05) is 35.2 Å². The number of likely N-dealkylation sites (tertiary alicyclic amines) is 1. The highest BCUT2D eigenvalue weighted by Gasteiger charge is 2.31. The lowest BCUT2D eigenvalue weighted by atomic mass is 9.95. The van der Waals surface area contributed by atoms with Crippen molar-refractivity contribution in [1.29, 1.82) is 0 Å². The van der Waals surface area contributed by atoms with Crippen molar-refractivity contribution < 1.29 is 9.53 Å². The summed E-state index contributed by atoms with van der Waals surface area (Å²) >= 11 is 12.6. The quantitative estimate of drug-likeness (QED) is 0.265. The molecule has 4 aromatic rings.